The second-order valence-corrected chi connectivity index (χ2v) is 8.72. The molecule has 0 saturated carbocycles. The Morgan fingerprint density at radius 1 is 1.03 bits per heavy atom. The minimum absolute atomic E-state index is 0.0128. The Labute approximate surface area is 199 Å². The van der Waals surface area contributed by atoms with E-state index < -0.39 is 0 Å². The minimum Gasteiger partial charge on any atom is -0.497 e. The molecule has 0 spiro atoms. The first-order valence-corrected chi connectivity index (χ1v) is 11.4. The summed E-state index contributed by atoms with van der Waals surface area (Å²) in [4.78, 5) is 20.3. The number of aryl methyl sites for hydroxylation is 3. The van der Waals surface area contributed by atoms with Gasteiger partial charge in [0.15, 0.2) is 0 Å². The van der Waals surface area contributed by atoms with Gasteiger partial charge < -0.3 is 9.64 Å². The van der Waals surface area contributed by atoms with Gasteiger partial charge in [-0.3, -0.25) is 9.36 Å². The third-order valence-corrected chi connectivity index (χ3v) is 6.14. The summed E-state index contributed by atoms with van der Waals surface area (Å²) in [6.07, 6.45) is 0. The van der Waals surface area contributed by atoms with Gasteiger partial charge in [-0.2, -0.15) is 0 Å². The van der Waals surface area contributed by atoms with Crippen LogP contribution in [0.2, 0.25) is 5.02 Å². The highest BCUT2D eigenvalue weighted by Gasteiger charge is 2.22. The molecule has 1 amide bonds. The number of hydrogen-bond acceptors (Lipinski definition) is 3. The Morgan fingerprint density at radius 3 is 2.30 bits per heavy atom. The number of nitrogens with zero attached hydrogens (tertiary/aromatic N) is 3. The fourth-order valence-corrected chi connectivity index (χ4v) is 4.56. The van der Waals surface area contributed by atoms with Gasteiger partial charge >= 0.3 is 0 Å². The predicted octanol–water partition coefficient (Wildman–Crippen LogP) is 6.28. The molecule has 170 valence electrons. The number of benzene rings is 3. The monoisotopic (exact) mass is 461 g/mol. The number of halogens is 1. The van der Waals surface area contributed by atoms with Crippen LogP contribution in [-0.2, 0) is 6.54 Å². The quantitative estimate of drug-likeness (QED) is 0.339. The summed E-state index contributed by atoms with van der Waals surface area (Å²) in [5, 5.41) is 0.637. The first-order chi connectivity index (χ1) is 15.8. The van der Waals surface area contributed by atoms with E-state index in [2.05, 4.69) is 16.7 Å². The maximum atomic E-state index is 13.6. The first-order valence-electron chi connectivity index (χ1n) is 11.0. The van der Waals surface area contributed by atoms with Crippen LogP contribution in [0.3, 0.4) is 0 Å². The van der Waals surface area contributed by atoms with E-state index in [0.717, 1.165) is 50.5 Å². The molecule has 0 radical (unpaired) electrons. The van der Waals surface area contributed by atoms with Crippen LogP contribution >= 0.6 is 11.6 Å². The van der Waals surface area contributed by atoms with Crippen molar-refractivity contribution < 1.29 is 9.53 Å². The summed E-state index contributed by atoms with van der Waals surface area (Å²) in [5.41, 5.74) is 6.56. The zero-order valence-electron chi connectivity index (χ0n) is 19.6. The third kappa shape index (κ3) is 4.46. The van der Waals surface area contributed by atoms with Crippen molar-refractivity contribution in [3.63, 3.8) is 0 Å². The van der Waals surface area contributed by atoms with Crippen molar-refractivity contribution in [2.45, 2.75) is 34.2 Å². The molecule has 0 saturated heterocycles. The van der Waals surface area contributed by atoms with Crippen LogP contribution in [0, 0.1) is 20.8 Å². The Hall–Kier alpha value is -3.31. The number of aromatic nitrogens is 2. The van der Waals surface area contributed by atoms with Gasteiger partial charge in [-0.15, -0.1) is 0 Å². The van der Waals surface area contributed by atoms with Crippen LogP contribution in [0.1, 0.15) is 39.8 Å². The standard InChI is InChI=1S/C27H28ClN3O2/c1-6-30(27(32)26-18(3)13-17(2)14-19(26)4)16-25-29-23-12-7-20(28)15-24(23)31(25)21-8-10-22(33-5)11-9-21/h7-15H,6,16H2,1-5H3. The Morgan fingerprint density at radius 2 is 1.70 bits per heavy atom. The molecule has 1 heterocycles. The topological polar surface area (TPSA) is 47.4 Å². The lowest BCUT2D eigenvalue weighted by atomic mass is 9.98. The molecular weight excluding hydrogens is 434 g/mol. The number of imidazole rings is 1. The molecule has 0 fully saturated rings. The summed E-state index contributed by atoms with van der Waals surface area (Å²) in [5.74, 6) is 1.56. The van der Waals surface area contributed by atoms with Crippen molar-refractivity contribution in [3.8, 4) is 11.4 Å². The molecule has 3 aromatic carbocycles. The van der Waals surface area contributed by atoms with E-state index in [1.54, 1.807) is 7.11 Å². The second-order valence-electron chi connectivity index (χ2n) is 8.29. The van der Waals surface area contributed by atoms with Crippen molar-refractivity contribution in [2.75, 3.05) is 13.7 Å². The van der Waals surface area contributed by atoms with E-state index in [0.29, 0.717) is 18.1 Å². The number of carbonyl (C=O) groups is 1. The van der Waals surface area contributed by atoms with Gasteiger partial charge in [0.2, 0.25) is 0 Å². The van der Waals surface area contributed by atoms with Gasteiger partial charge in [-0.1, -0.05) is 29.3 Å². The molecule has 1 aromatic heterocycles. The van der Waals surface area contributed by atoms with Gasteiger partial charge in [0.1, 0.15) is 11.6 Å². The van der Waals surface area contributed by atoms with Gasteiger partial charge in [0, 0.05) is 22.8 Å². The molecule has 0 aliphatic heterocycles. The lowest BCUT2D eigenvalue weighted by Gasteiger charge is -2.23. The number of hydrogen-bond donors (Lipinski definition) is 0. The van der Waals surface area contributed by atoms with E-state index in [9.17, 15) is 4.79 Å². The fraction of sp³-hybridized carbons (Fsp3) is 0.259. The summed E-state index contributed by atoms with van der Waals surface area (Å²) < 4.78 is 7.38. The predicted molar refractivity (Wildman–Crippen MR) is 134 cm³/mol. The molecule has 4 rings (SSSR count). The molecule has 0 atom stereocenters. The summed E-state index contributed by atoms with van der Waals surface area (Å²) in [7, 11) is 1.65. The molecular formula is C27H28ClN3O2. The molecule has 33 heavy (non-hydrogen) atoms. The normalized spacial score (nSPS) is 11.1. The highest BCUT2D eigenvalue weighted by Crippen LogP contribution is 2.27. The van der Waals surface area contributed by atoms with E-state index >= 15 is 0 Å². The van der Waals surface area contributed by atoms with Crippen molar-refractivity contribution in [2.24, 2.45) is 0 Å². The summed E-state index contributed by atoms with van der Waals surface area (Å²) >= 11 is 6.32. The van der Waals surface area contributed by atoms with Crippen LogP contribution < -0.4 is 4.74 Å². The molecule has 4 aromatic rings. The molecule has 0 bridgehead atoms. The van der Waals surface area contributed by atoms with Crippen LogP contribution in [0.25, 0.3) is 16.7 Å². The molecule has 6 heteroatoms. The zero-order valence-corrected chi connectivity index (χ0v) is 20.4. The highest BCUT2D eigenvalue weighted by molar-refractivity contribution is 6.31. The number of ether oxygens (including phenoxy) is 1. The van der Waals surface area contributed by atoms with E-state index in [1.807, 2.05) is 75.1 Å². The SMILES string of the molecule is CCN(Cc1nc2ccc(Cl)cc2n1-c1ccc(OC)cc1)C(=O)c1c(C)cc(C)cc1C. The number of fused-ring (bicyclic) bond motifs is 1. The van der Waals surface area contributed by atoms with Crippen LogP contribution in [0.15, 0.2) is 54.6 Å². The highest BCUT2D eigenvalue weighted by atomic mass is 35.5. The summed E-state index contributed by atoms with van der Waals surface area (Å²) in [6.45, 7) is 8.98. The Bertz CT molecular complexity index is 1300. The fourth-order valence-electron chi connectivity index (χ4n) is 4.40. The largest absolute Gasteiger partial charge is 0.497 e. The van der Waals surface area contributed by atoms with Gasteiger partial charge in [0.05, 0.1) is 24.7 Å². The second kappa shape index (κ2) is 9.28. The van der Waals surface area contributed by atoms with Crippen molar-refractivity contribution >= 4 is 28.5 Å². The maximum Gasteiger partial charge on any atom is 0.254 e. The summed E-state index contributed by atoms with van der Waals surface area (Å²) in [6, 6.07) is 17.6. The van der Waals surface area contributed by atoms with Crippen LogP contribution in [-0.4, -0.2) is 34.0 Å². The number of rotatable bonds is 6. The third-order valence-electron chi connectivity index (χ3n) is 5.91. The Kier molecular flexibility index (Phi) is 6.43. The first kappa shape index (κ1) is 22.9. The van der Waals surface area contributed by atoms with Gasteiger partial charge in [0.25, 0.3) is 5.91 Å². The van der Waals surface area contributed by atoms with Crippen molar-refractivity contribution in [1.29, 1.82) is 0 Å². The zero-order chi connectivity index (χ0) is 23.7. The molecule has 0 N–H and O–H groups in total. The lowest BCUT2D eigenvalue weighted by Crippen LogP contribution is -2.32. The van der Waals surface area contributed by atoms with Gasteiger partial charge in [-0.05, 0) is 81.3 Å². The smallest absolute Gasteiger partial charge is 0.254 e. The molecule has 0 aliphatic rings. The minimum atomic E-state index is 0.0128. The van der Waals surface area contributed by atoms with Crippen molar-refractivity contribution in [3.05, 3.63) is 87.7 Å². The van der Waals surface area contributed by atoms with E-state index in [1.165, 1.54) is 0 Å². The molecule has 5 nitrogen and oxygen atoms in total. The van der Waals surface area contributed by atoms with Gasteiger partial charge in [-0.25, -0.2) is 4.98 Å². The van der Waals surface area contributed by atoms with E-state index in [4.69, 9.17) is 21.3 Å². The Balaban J connectivity index is 1.79. The van der Waals surface area contributed by atoms with Crippen LogP contribution in [0.5, 0.6) is 5.75 Å². The number of amides is 1. The average molecular weight is 462 g/mol. The van der Waals surface area contributed by atoms with Crippen molar-refractivity contribution in [1.82, 2.24) is 14.5 Å². The van der Waals surface area contributed by atoms with Crippen LogP contribution in [0.4, 0.5) is 0 Å². The average Bonchev–Trinajstić information content (AvgIpc) is 3.13. The molecule has 0 aliphatic carbocycles. The number of methoxy groups -OCH3 is 1. The molecule has 0 unspecified atom stereocenters. The number of carbonyl (C=O) groups excluding carboxylic acids is 1. The van der Waals surface area contributed by atoms with E-state index in [-0.39, 0.29) is 5.91 Å². The maximum absolute atomic E-state index is 13.6. The lowest BCUT2D eigenvalue weighted by molar-refractivity contribution is 0.0746.